The lowest BCUT2D eigenvalue weighted by Gasteiger charge is -2.02. The molecule has 0 atom stereocenters. The summed E-state index contributed by atoms with van der Waals surface area (Å²) < 4.78 is 1.81. The van der Waals surface area contributed by atoms with Crippen LogP contribution in [0.5, 0.6) is 0 Å². The van der Waals surface area contributed by atoms with Crippen LogP contribution in [0.3, 0.4) is 0 Å². The van der Waals surface area contributed by atoms with Gasteiger partial charge in [0.05, 0.1) is 17.8 Å². The van der Waals surface area contributed by atoms with Crippen molar-refractivity contribution >= 4 is 27.7 Å². The summed E-state index contributed by atoms with van der Waals surface area (Å²) in [6.45, 7) is 0.389. The van der Waals surface area contributed by atoms with Crippen LogP contribution in [0.25, 0.3) is 0 Å². The van der Waals surface area contributed by atoms with E-state index in [1.807, 2.05) is 0 Å². The number of rotatable bonds is 4. The van der Waals surface area contributed by atoms with Gasteiger partial charge in [-0.05, 0) is 38.5 Å². The highest BCUT2D eigenvalue weighted by Gasteiger charge is 2.18. The minimum absolute atomic E-state index is 0.158. The maximum atomic E-state index is 11.4. The van der Waals surface area contributed by atoms with Gasteiger partial charge in [-0.1, -0.05) is 12.1 Å². The summed E-state index contributed by atoms with van der Waals surface area (Å²) in [5.41, 5.74) is 1.45. The maximum absolute atomic E-state index is 11.4. The Morgan fingerprint density at radius 1 is 1.45 bits per heavy atom. The first kappa shape index (κ1) is 14.2. The Labute approximate surface area is 122 Å². The molecule has 2 aromatic rings. The Balaban J connectivity index is 2.16. The zero-order chi connectivity index (χ0) is 14.7. The third-order valence-corrected chi connectivity index (χ3v) is 3.22. The van der Waals surface area contributed by atoms with Gasteiger partial charge in [-0.3, -0.25) is 4.79 Å². The van der Waals surface area contributed by atoms with E-state index in [4.69, 9.17) is 0 Å². The first-order valence-electron chi connectivity index (χ1n) is 5.69. The third kappa shape index (κ3) is 3.02. The molecule has 2 rings (SSSR count). The van der Waals surface area contributed by atoms with Gasteiger partial charge in [0.15, 0.2) is 0 Å². The molecule has 0 saturated carbocycles. The smallest absolute Gasteiger partial charge is 0.358 e. The molecular weight excluding hydrogens is 328 g/mol. The van der Waals surface area contributed by atoms with Crippen LogP contribution in [0, 0.1) is 10.1 Å². The van der Waals surface area contributed by atoms with Crippen molar-refractivity contribution < 1.29 is 9.72 Å². The van der Waals surface area contributed by atoms with E-state index in [1.165, 1.54) is 4.68 Å². The fourth-order valence-electron chi connectivity index (χ4n) is 1.68. The number of aromatic nitrogens is 2. The number of nitrogens with zero attached hydrogens (tertiary/aromatic N) is 3. The van der Waals surface area contributed by atoms with Gasteiger partial charge in [0.2, 0.25) is 0 Å². The number of amides is 1. The zero-order valence-corrected chi connectivity index (χ0v) is 12.1. The molecular formula is C12H11BrN4O3. The molecule has 1 amide bonds. The fourth-order valence-corrected chi connectivity index (χ4v) is 2.14. The lowest BCUT2D eigenvalue weighted by Crippen LogP contribution is -2.17. The summed E-state index contributed by atoms with van der Waals surface area (Å²) in [7, 11) is 1.57. The fraction of sp³-hybridized carbons (Fsp3) is 0.167. The molecule has 0 aliphatic rings. The molecule has 0 aliphatic heterocycles. The van der Waals surface area contributed by atoms with E-state index in [9.17, 15) is 14.9 Å². The SMILES string of the molecule is CNC(=O)c1ccc(Cn2cc(Br)c([N+](=O)[O-])n2)cc1. The van der Waals surface area contributed by atoms with E-state index in [1.54, 1.807) is 37.5 Å². The maximum Gasteiger partial charge on any atom is 0.404 e. The van der Waals surface area contributed by atoms with Crippen LogP contribution in [0.4, 0.5) is 5.82 Å². The van der Waals surface area contributed by atoms with Crippen LogP contribution in [0.15, 0.2) is 34.9 Å². The predicted molar refractivity (Wildman–Crippen MR) is 75.5 cm³/mol. The monoisotopic (exact) mass is 338 g/mol. The van der Waals surface area contributed by atoms with Crippen LogP contribution in [-0.4, -0.2) is 27.7 Å². The van der Waals surface area contributed by atoms with Gasteiger partial charge < -0.3 is 15.4 Å². The van der Waals surface area contributed by atoms with Crippen molar-refractivity contribution in [2.75, 3.05) is 7.05 Å². The second-order valence-electron chi connectivity index (χ2n) is 4.03. The molecule has 1 N–H and O–H groups in total. The van der Waals surface area contributed by atoms with Crippen LogP contribution in [0.1, 0.15) is 15.9 Å². The van der Waals surface area contributed by atoms with E-state index >= 15 is 0 Å². The van der Waals surface area contributed by atoms with E-state index in [-0.39, 0.29) is 11.7 Å². The molecule has 0 spiro atoms. The zero-order valence-electron chi connectivity index (χ0n) is 10.5. The topological polar surface area (TPSA) is 90.1 Å². The number of hydrogen-bond donors (Lipinski definition) is 1. The van der Waals surface area contributed by atoms with Gasteiger partial charge in [0.1, 0.15) is 4.47 Å². The molecule has 0 radical (unpaired) electrons. The van der Waals surface area contributed by atoms with Gasteiger partial charge >= 0.3 is 5.82 Å². The highest BCUT2D eigenvalue weighted by Crippen LogP contribution is 2.22. The summed E-state index contributed by atoms with van der Waals surface area (Å²) in [5.74, 6) is -0.374. The largest absolute Gasteiger partial charge is 0.404 e. The number of benzene rings is 1. The number of carbonyl (C=O) groups is 1. The standard InChI is InChI=1S/C12H11BrN4O3/c1-14-12(18)9-4-2-8(3-5-9)6-16-7-10(13)11(15-16)17(19)20/h2-5,7H,6H2,1H3,(H,14,18). The van der Waals surface area contributed by atoms with Crippen molar-refractivity contribution in [1.29, 1.82) is 0 Å². The van der Waals surface area contributed by atoms with Gasteiger partial charge in [0, 0.05) is 12.6 Å². The number of nitrogens with one attached hydrogen (secondary N) is 1. The van der Waals surface area contributed by atoms with Crippen molar-refractivity contribution in [1.82, 2.24) is 15.1 Å². The molecule has 0 aliphatic carbocycles. The Hall–Kier alpha value is -2.22. The number of halogens is 1. The van der Waals surface area contributed by atoms with Crippen molar-refractivity contribution in [3.8, 4) is 0 Å². The van der Waals surface area contributed by atoms with Crippen molar-refractivity contribution in [3.63, 3.8) is 0 Å². The number of carbonyl (C=O) groups excluding carboxylic acids is 1. The summed E-state index contributed by atoms with van der Waals surface area (Å²) in [6.07, 6.45) is 1.55. The molecule has 0 saturated heterocycles. The first-order chi connectivity index (χ1) is 9.51. The van der Waals surface area contributed by atoms with Gasteiger partial charge in [0.25, 0.3) is 5.91 Å². The summed E-state index contributed by atoms with van der Waals surface area (Å²) in [5, 5.41) is 17.1. The highest BCUT2D eigenvalue weighted by molar-refractivity contribution is 9.10. The summed E-state index contributed by atoms with van der Waals surface area (Å²) >= 11 is 3.09. The Kier molecular flexibility index (Phi) is 4.14. The second-order valence-corrected chi connectivity index (χ2v) is 4.89. The average Bonchev–Trinajstić information content (AvgIpc) is 2.79. The molecule has 0 unspecified atom stereocenters. The van der Waals surface area contributed by atoms with E-state index in [0.29, 0.717) is 16.6 Å². The second kappa shape index (κ2) is 5.83. The van der Waals surface area contributed by atoms with E-state index in [2.05, 4.69) is 26.3 Å². The predicted octanol–water partition coefficient (Wildman–Crippen LogP) is 1.96. The average molecular weight is 339 g/mol. The Bertz CT molecular complexity index is 651. The highest BCUT2D eigenvalue weighted by atomic mass is 79.9. The minimum atomic E-state index is -0.546. The molecule has 0 fully saturated rings. The normalized spacial score (nSPS) is 10.3. The molecule has 1 heterocycles. The summed E-state index contributed by atoms with van der Waals surface area (Å²) in [6, 6.07) is 6.96. The van der Waals surface area contributed by atoms with Crippen LogP contribution < -0.4 is 5.32 Å². The van der Waals surface area contributed by atoms with Crippen LogP contribution >= 0.6 is 15.9 Å². The molecule has 20 heavy (non-hydrogen) atoms. The minimum Gasteiger partial charge on any atom is -0.358 e. The van der Waals surface area contributed by atoms with Gasteiger partial charge in [-0.15, -0.1) is 0 Å². The molecule has 1 aromatic heterocycles. The number of nitro groups is 1. The van der Waals surface area contributed by atoms with E-state index < -0.39 is 4.92 Å². The molecule has 7 nitrogen and oxygen atoms in total. The molecule has 8 heteroatoms. The Morgan fingerprint density at radius 3 is 2.60 bits per heavy atom. The van der Waals surface area contributed by atoms with Crippen LogP contribution in [-0.2, 0) is 6.54 Å². The lowest BCUT2D eigenvalue weighted by molar-refractivity contribution is -0.390. The van der Waals surface area contributed by atoms with Crippen molar-refractivity contribution in [2.24, 2.45) is 0 Å². The van der Waals surface area contributed by atoms with Gasteiger partial charge in [-0.2, -0.15) is 4.68 Å². The lowest BCUT2D eigenvalue weighted by atomic mass is 10.1. The third-order valence-electron chi connectivity index (χ3n) is 2.66. The van der Waals surface area contributed by atoms with Crippen LogP contribution in [0.2, 0.25) is 0 Å². The quantitative estimate of drug-likeness (QED) is 0.681. The molecule has 104 valence electrons. The van der Waals surface area contributed by atoms with E-state index in [0.717, 1.165) is 5.56 Å². The van der Waals surface area contributed by atoms with Gasteiger partial charge in [-0.25, -0.2) is 0 Å². The van der Waals surface area contributed by atoms with Crippen molar-refractivity contribution in [3.05, 3.63) is 56.2 Å². The Morgan fingerprint density at radius 2 is 2.10 bits per heavy atom. The van der Waals surface area contributed by atoms with Crippen molar-refractivity contribution in [2.45, 2.75) is 6.54 Å². The molecule has 1 aromatic carbocycles. The summed E-state index contributed by atoms with van der Waals surface area (Å²) in [4.78, 5) is 21.5. The first-order valence-corrected chi connectivity index (χ1v) is 6.49. The molecule has 0 bridgehead atoms. The number of hydrogen-bond acceptors (Lipinski definition) is 4.